The molecule has 3 N–H and O–H groups in total. The highest BCUT2D eigenvalue weighted by molar-refractivity contribution is 6.00. The fourth-order valence-electron chi connectivity index (χ4n) is 3.76. The maximum Gasteiger partial charge on any atom is 0.251 e. The van der Waals surface area contributed by atoms with E-state index in [1.165, 1.54) is 19.3 Å². The molecule has 0 bridgehead atoms. The summed E-state index contributed by atoms with van der Waals surface area (Å²) in [4.78, 5) is 12.8. The fraction of sp³-hybridized carbons (Fsp3) is 0.304. The molecule has 3 aromatic rings. The van der Waals surface area contributed by atoms with Gasteiger partial charge in [-0.3, -0.25) is 9.89 Å². The zero-order valence-corrected chi connectivity index (χ0v) is 17.2. The molecule has 1 atom stereocenters. The lowest BCUT2D eigenvalue weighted by Gasteiger charge is -2.23. The number of aromatic amines is 1. The number of nitrogens with one attached hydrogen (secondary N) is 3. The zero-order chi connectivity index (χ0) is 19.2. The standard InChI is InChI=1S/C23H26N4O.ClH/c28-23(25-15-13-18-10-6-7-14-24-18)20-12-5-4-11-19(20)22-16-21(26-27-22)17-8-2-1-3-9-17;/h1-5,8-9,11-12,16,18,24H,6-7,10,13-15H2,(H,25,28)(H,26,27);1H. The van der Waals surface area contributed by atoms with Crippen LogP contribution in [0, 0.1) is 0 Å². The van der Waals surface area contributed by atoms with Crippen LogP contribution in [0.4, 0.5) is 0 Å². The number of hydrogen-bond donors (Lipinski definition) is 3. The topological polar surface area (TPSA) is 69.8 Å². The highest BCUT2D eigenvalue weighted by Crippen LogP contribution is 2.26. The van der Waals surface area contributed by atoms with Gasteiger partial charge in [-0.15, -0.1) is 12.4 Å². The highest BCUT2D eigenvalue weighted by Gasteiger charge is 2.16. The van der Waals surface area contributed by atoms with E-state index < -0.39 is 0 Å². The van der Waals surface area contributed by atoms with Crippen LogP contribution in [0.2, 0.25) is 0 Å². The van der Waals surface area contributed by atoms with E-state index in [-0.39, 0.29) is 18.3 Å². The second-order valence-corrected chi connectivity index (χ2v) is 7.27. The minimum atomic E-state index is -0.0457. The second-order valence-electron chi connectivity index (χ2n) is 7.27. The number of piperidine rings is 1. The van der Waals surface area contributed by atoms with E-state index in [1.54, 1.807) is 0 Å². The predicted octanol–water partition coefficient (Wildman–Crippen LogP) is 4.43. The van der Waals surface area contributed by atoms with Crippen LogP contribution in [-0.4, -0.2) is 35.2 Å². The van der Waals surface area contributed by atoms with E-state index >= 15 is 0 Å². The van der Waals surface area contributed by atoms with Gasteiger partial charge in [0.05, 0.1) is 11.4 Å². The van der Waals surface area contributed by atoms with Gasteiger partial charge in [0.25, 0.3) is 5.91 Å². The van der Waals surface area contributed by atoms with Gasteiger partial charge in [-0.1, -0.05) is 55.0 Å². The largest absolute Gasteiger partial charge is 0.352 e. The number of benzene rings is 2. The molecule has 0 saturated carbocycles. The second kappa shape index (κ2) is 10.2. The Morgan fingerprint density at radius 2 is 1.86 bits per heavy atom. The first kappa shape index (κ1) is 21.1. The van der Waals surface area contributed by atoms with E-state index in [4.69, 9.17) is 0 Å². The Bertz CT molecular complexity index is 919. The third kappa shape index (κ3) is 5.25. The van der Waals surface area contributed by atoms with Crippen molar-refractivity contribution < 1.29 is 4.79 Å². The van der Waals surface area contributed by atoms with Gasteiger partial charge in [-0.25, -0.2) is 0 Å². The average molecular weight is 411 g/mol. The first-order chi connectivity index (χ1) is 13.8. The maximum absolute atomic E-state index is 12.8. The minimum absolute atomic E-state index is 0. The summed E-state index contributed by atoms with van der Waals surface area (Å²) in [6.45, 7) is 1.77. The Morgan fingerprint density at radius 1 is 1.07 bits per heavy atom. The highest BCUT2D eigenvalue weighted by atomic mass is 35.5. The molecule has 1 aromatic heterocycles. The molecule has 1 aliphatic rings. The molecule has 5 nitrogen and oxygen atoms in total. The minimum Gasteiger partial charge on any atom is -0.352 e. The third-order valence-corrected chi connectivity index (χ3v) is 5.30. The molecule has 29 heavy (non-hydrogen) atoms. The quantitative estimate of drug-likeness (QED) is 0.563. The van der Waals surface area contributed by atoms with Crippen LogP contribution in [-0.2, 0) is 0 Å². The maximum atomic E-state index is 12.8. The molecular weight excluding hydrogens is 384 g/mol. The monoisotopic (exact) mass is 410 g/mol. The number of carbonyl (C=O) groups is 1. The van der Waals surface area contributed by atoms with Crippen molar-refractivity contribution in [2.24, 2.45) is 0 Å². The van der Waals surface area contributed by atoms with Crippen molar-refractivity contribution in [1.82, 2.24) is 20.8 Å². The van der Waals surface area contributed by atoms with Gasteiger partial charge in [0.1, 0.15) is 0 Å². The van der Waals surface area contributed by atoms with Crippen LogP contribution in [0.1, 0.15) is 36.0 Å². The van der Waals surface area contributed by atoms with E-state index in [9.17, 15) is 4.79 Å². The van der Waals surface area contributed by atoms with Crippen LogP contribution in [0.3, 0.4) is 0 Å². The van der Waals surface area contributed by atoms with Gasteiger partial charge in [-0.2, -0.15) is 5.10 Å². The van der Waals surface area contributed by atoms with Crippen molar-refractivity contribution in [3.05, 3.63) is 66.2 Å². The van der Waals surface area contributed by atoms with Gasteiger partial charge in [-0.05, 0) is 43.5 Å². The van der Waals surface area contributed by atoms with Crippen molar-refractivity contribution in [3.63, 3.8) is 0 Å². The summed E-state index contributed by atoms with van der Waals surface area (Å²) in [6, 6.07) is 20.2. The van der Waals surface area contributed by atoms with Crippen LogP contribution < -0.4 is 10.6 Å². The molecule has 1 saturated heterocycles. The number of amides is 1. The van der Waals surface area contributed by atoms with Crippen molar-refractivity contribution in [2.75, 3.05) is 13.1 Å². The molecule has 0 aliphatic carbocycles. The first-order valence-electron chi connectivity index (χ1n) is 10.0. The van der Waals surface area contributed by atoms with Crippen LogP contribution in [0.15, 0.2) is 60.7 Å². The lowest BCUT2D eigenvalue weighted by Crippen LogP contribution is -2.37. The third-order valence-electron chi connectivity index (χ3n) is 5.30. The van der Waals surface area contributed by atoms with Gasteiger partial charge >= 0.3 is 0 Å². The molecule has 2 aromatic carbocycles. The molecular formula is C23H27ClN4O. The average Bonchev–Trinajstić information content (AvgIpc) is 3.25. The number of aromatic nitrogens is 2. The Kier molecular flexibility index (Phi) is 7.44. The Balaban J connectivity index is 0.00000240. The lowest BCUT2D eigenvalue weighted by atomic mass is 10.0. The number of H-pyrrole nitrogens is 1. The molecule has 1 aliphatic heterocycles. The fourth-order valence-corrected chi connectivity index (χ4v) is 3.76. The normalized spacial score (nSPS) is 16.1. The lowest BCUT2D eigenvalue weighted by molar-refractivity contribution is 0.0952. The number of halogens is 1. The molecule has 0 spiro atoms. The number of carbonyl (C=O) groups excluding carboxylic acids is 1. The molecule has 2 heterocycles. The van der Waals surface area contributed by atoms with Crippen molar-refractivity contribution in [2.45, 2.75) is 31.7 Å². The summed E-state index contributed by atoms with van der Waals surface area (Å²) in [7, 11) is 0. The summed E-state index contributed by atoms with van der Waals surface area (Å²) in [5, 5.41) is 14.1. The Labute approximate surface area is 177 Å². The van der Waals surface area contributed by atoms with E-state index in [1.807, 2.05) is 60.7 Å². The van der Waals surface area contributed by atoms with E-state index in [2.05, 4.69) is 20.8 Å². The number of hydrogen-bond acceptors (Lipinski definition) is 3. The Morgan fingerprint density at radius 3 is 2.66 bits per heavy atom. The predicted molar refractivity (Wildman–Crippen MR) is 119 cm³/mol. The number of rotatable bonds is 6. The summed E-state index contributed by atoms with van der Waals surface area (Å²) in [5.74, 6) is -0.0457. The van der Waals surface area contributed by atoms with Crippen molar-refractivity contribution >= 4 is 18.3 Å². The van der Waals surface area contributed by atoms with Gasteiger partial charge in [0, 0.05) is 23.7 Å². The van der Waals surface area contributed by atoms with Gasteiger partial charge < -0.3 is 10.6 Å². The van der Waals surface area contributed by atoms with E-state index in [0.717, 1.165) is 35.5 Å². The smallest absolute Gasteiger partial charge is 0.251 e. The van der Waals surface area contributed by atoms with Gasteiger partial charge in [0.15, 0.2) is 0 Å². The molecule has 4 rings (SSSR count). The molecule has 152 valence electrons. The molecule has 1 amide bonds. The summed E-state index contributed by atoms with van der Waals surface area (Å²) < 4.78 is 0. The Hall–Kier alpha value is -2.63. The summed E-state index contributed by atoms with van der Waals surface area (Å²) in [5.41, 5.74) is 4.29. The summed E-state index contributed by atoms with van der Waals surface area (Å²) >= 11 is 0. The zero-order valence-electron chi connectivity index (χ0n) is 16.4. The molecule has 1 unspecified atom stereocenters. The molecule has 1 fully saturated rings. The van der Waals surface area contributed by atoms with Crippen molar-refractivity contribution in [3.8, 4) is 22.5 Å². The van der Waals surface area contributed by atoms with E-state index in [0.29, 0.717) is 18.2 Å². The van der Waals surface area contributed by atoms with Crippen LogP contribution in [0.25, 0.3) is 22.5 Å². The van der Waals surface area contributed by atoms with Crippen LogP contribution >= 0.6 is 12.4 Å². The van der Waals surface area contributed by atoms with Crippen molar-refractivity contribution in [1.29, 1.82) is 0 Å². The van der Waals surface area contributed by atoms with Gasteiger partial charge in [0.2, 0.25) is 0 Å². The van der Waals surface area contributed by atoms with Crippen LogP contribution in [0.5, 0.6) is 0 Å². The summed E-state index contributed by atoms with van der Waals surface area (Å²) in [6.07, 6.45) is 4.69. The molecule has 0 radical (unpaired) electrons. The molecule has 6 heteroatoms. The number of nitrogens with zero attached hydrogens (tertiary/aromatic N) is 1. The first-order valence-corrected chi connectivity index (χ1v) is 10.0. The SMILES string of the molecule is Cl.O=C(NCCC1CCCCN1)c1ccccc1-c1cc(-c2ccccc2)[nH]n1.